The van der Waals surface area contributed by atoms with Crippen LogP contribution in [0, 0.1) is 0 Å². The van der Waals surface area contributed by atoms with E-state index < -0.39 is 11.9 Å². The van der Waals surface area contributed by atoms with Crippen LogP contribution in [0.4, 0.5) is 4.79 Å². The van der Waals surface area contributed by atoms with Gasteiger partial charge in [-0.25, -0.2) is 4.79 Å². The molecule has 2 rings (SSSR count). The Morgan fingerprint density at radius 1 is 1.44 bits per heavy atom. The molecule has 1 aromatic rings. The highest BCUT2D eigenvalue weighted by molar-refractivity contribution is 6.35. The van der Waals surface area contributed by atoms with Gasteiger partial charge in [0.1, 0.15) is 0 Å². The Bertz CT molecular complexity index is 512. The van der Waals surface area contributed by atoms with Gasteiger partial charge in [-0.3, -0.25) is 0 Å². The molecule has 1 unspecified atom stereocenters. The van der Waals surface area contributed by atoms with Crippen molar-refractivity contribution >= 4 is 35.1 Å². The van der Waals surface area contributed by atoms with Gasteiger partial charge in [-0.15, -0.1) is 0 Å². The van der Waals surface area contributed by atoms with Gasteiger partial charge in [-0.2, -0.15) is 0 Å². The minimum absolute atomic E-state index is 0.190. The van der Waals surface area contributed by atoms with Crippen LogP contribution in [0.1, 0.15) is 18.9 Å². The van der Waals surface area contributed by atoms with Crippen molar-refractivity contribution in [3.8, 4) is 0 Å². The van der Waals surface area contributed by atoms with Gasteiger partial charge in [0, 0.05) is 22.5 Å². The third kappa shape index (κ3) is 2.86. The Labute approximate surface area is 113 Å². The first-order valence-electron chi connectivity index (χ1n) is 5.01. The molecule has 1 atom stereocenters. The van der Waals surface area contributed by atoms with Crippen LogP contribution >= 0.6 is 23.2 Å². The van der Waals surface area contributed by atoms with Gasteiger partial charge in [0.25, 0.3) is 5.79 Å². The summed E-state index contributed by atoms with van der Waals surface area (Å²) in [5.74, 6) is -1.31. The van der Waals surface area contributed by atoms with E-state index in [0.717, 1.165) is 0 Å². The van der Waals surface area contributed by atoms with Crippen LogP contribution in [0.3, 0.4) is 0 Å². The number of benzene rings is 1. The molecule has 1 aliphatic heterocycles. The summed E-state index contributed by atoms with van der Waals surface area (Å²) in [6.07, 6.45) is -1.23. The first kappa shape index (κ1) is 13.0. The fraction of sp³-hybridized carbons (Fsp3) is 0.273. The molecule has 0 saturated heterocycles. The van der Waals surface area contributed by atoms with Gasteiger partial charge in [0.15, 0.2) is 0 Å². The molecule has 0 aromatic heterocycles. The number of nitrogens with zero attached hydrogens (tertiary/aromatic N) is 1. The third-order valence-corrected chi connectivity index (χ3v) is 2.77. The maximum atomic E-state index is 10.5. The highest BCUT2D eigenvalue weighted by atomic mass is 35.5. The molecule has 1 heterocycles. The van der Waals surface area contributed by atoms with Crippen LogP contribution in [0.5, 0.6) is 0 Å². The van der Waals surface area contributed by atoms with Crippen LogP contribution in [-0.4, -0.2) is 22.8 Å². The number of halogens is 2. The number of ether oxygens (including phenoxy) is 1. The second-order valence-corrected chi connectivity index (χ2v) is 4.84. The summed E-state index contributed by atoms with van der Waals surface area (Å²) in [6.45, 7) is 1.49. The van der Waals surface area contributed by atoms with E-state index in [9.17, 15) is 4.79 Å². The Kier molecular flexibility index (Phi) is 3.36. The summed E-state index contributed by atoms with van der Waals surface area (Å²) >= 11 is 11.8. The maximum Gasteiger partial charge on any atom is 0.509 e. The van der Waals surface area contributed by atoms with E-state index in [2.05, 4.69) is 9.89 Å². The number of hydrogen-bond acceptors (Lipinski definition) is 4. The number of carboxylic acid groups (broad SMARTS) is 1. The fourth-order valence-electron chi connectivity index (χ4n) is 1.63. The van der Waals surface area contributed by atoms with Crippen LogP contribution < -0.4 is 0 Å². The molecular weight excluding hydrogens is 281 g/mol. The summed E-state index contributed by atoms with van der Waals surface area (Å²) < 4.78 is 4.62. The van der Waals surface area contributed by atoms with Crippen molar-refractivity contribution < 1.29 is 19.5 Å². The minimum atomic E-state index is -1.42. The van der Waals surface area contributed by atoms with Crippen molar-refractivity contribution in [3.05, 3.63) is 33.8 Å². The minimum Gasteiger partial charge on any atom is -0.450 e. The molecule has 18 heavy (non-hydrogen) atoms. The van der Waals surface area contributed by atoms with Crippen molar-refractivity contribution in [2.75, 3.05) is 0 Å². The summed E-state index contributed by atoms with van der Waals surface area (Å²) in [6, 6.07) is 4.93. The van der Waals surface area contributed by atoms with Gasteiger partial charge in [-0.1, -0.05) is 28.4 Å². The van der Waals surface area contributed by atoms with Crippen molar-refractivity contribution in [2.45, 2.75) is 19.1 Å². The molecule has 5 nitrogen and oxygen atoms in total. The predicted octanol–water partition coefficient (Wildman–Crippen LogP) is 3.53. The third-order valence-electron chi connectivity index (χ3n) is 2.34. The zero-order valence-corrected chi connectivity index (χ0v) is 10.8. The van der Waals surface area contributed by atoms with Crippen LogP contribution in [-0.2, 0) is 9.57 Å². The van der Waals surface area contributed by atoms with Crippen molar-refractivity contribution in [2.24, 2.45) is 5.16 Å². The van der Waals surface area contributed by atoms with Crippen LogP contribution in [0.25, 0.3) is 0 Å². The lowest BCUT2D eigenvalue weighted by atomic mass is 10.0. The zero-order chi connectivity index (χ0) is 13.3. The monoisotopic (exact) mass is 289 g/mol. The molecular formula is C11H9Cl2NO4. The molecule has 0 radical (unpaired) electrons. The maximum absolute atomic E-state index is 10.5. The van der Waals surface area contributed by atoms with E-state index in [1.807, 2.05) is 0 Å². The van der Waals surface area contributed by atoms with E-state index in [0.29, 0.717) is 21.3 Å². The molecule has 0 bridgehead atoms. The van der Waals surface area contributed by atoms with E-state index in [1.54, 1.807) is 18.2 Å². The second kappa shape index (κ2) is 4.66. The molecule has 96 valence electrons. The average Bonchev–Trinajstić information content (AvgIpc) is 2.57. The summed E-state index contributed by atoms with van der Waals surface area (Å²) in [5, 5.41) is 13.3. The average molecular weight is 290 g/mol. The summed E-state index contributed by atoms with van der Waals surface area (Å²) in [5.41, 5.74) is 1.20. The first-order valence-corrected chi connectivity index (χ1v) is 5.77. The van der Waals surface area contributed by atoms with Gasteiger partial charge >= 0.3 is 6.16 Å². The van der Waals surface area contributed by atoms with Gasteiger partial charge < -0.3 is 14.7 Å². The van der Waals surface area contributed by atoms with E-state index in [-0.39, 0.29) is 6.42 Å². The molecule has 0 aliphatic carbocycles. The Hall–Kier alpha value is -1.46. The van der Waals surface area contributed by atoms with Gasteiger partial charge in [0.05, 0.1) is 12.1 Å². The number of oxime groups is 1. The van der Waals surface area contributed by atoms with E-state index in [1.165, 1.54) is 6.92 Å². The zero-order valence-electron chi connectivity index (χ0n) is 9.31. The van der Waals surface area contributed by atoms with E-state index >= 15 is 0 Å². The summed E-state index contributed by atoms with van der Waals surface area (Å²) in [7, 11) is 0. The molecule has 1 aromatic carbocycles. The SMILES string of the molecule is CC1(OC(=O)O)CC(c2cc(Cl)cc(Cl)c2)=NO1. The van der Waals surface area contributed by atoms with Crippen molar-refractivity contribution in [1.82, 2.24) is 0 Å². The predicted molar refractivity (Wildman–Crippen MR) is 66.2 cm³/mol. The molecule has 0 spiro atoms. The highest BCUT2D eigenvalue weighted by Crippen LogP contribution is 2.29. The number of hydrogen-bond donors (Lipinski definition) is 1. The van der Waals surface area contributed by atoms with Crippen LogP contribution in [0.2, 0.25) is 10.0 Å². The molecule has 0 saturated carbocycles. The lowest BCUT2D eigenvalue weighted by molar-refractivity contribution is -0.180. The number of carbonyl (C=O) groups is 1. The largest absolute Gasteiger partial charge is 0.509 e. The Morgan fingerprint density at radius 2 is 2.06 bits per heavy atom. The molecule has 1 aliphatic rings. The van der Waals surface area contributed by atoms with Crippen molar-refractivity contribution in [1.29, 1.82) is 0 Å². The quantitative estimate of drug-likeness (QED) is 0.846. The lowest BCUT2D eigenvalue weighted by Gasteiger charge is -2.19. The van der Waals surface area contributed by atoms with Crippen LogP contribution in [0.15, 0.2) is 23.4 Å². The smallest absolute Gasteiger partial charge is 0.450 e. The van der Waals surface area contributed by atoms with Gasteiger partial charge in [0.2, 0.25) is 0 Å². The fourth-order valence-corrected chi connectivity index (χ4v) is 2.16. The Morgan fingerprint density at radius 3 is 2.61 bits per heavy atom. The second-order valence-electron chi connectivity index (χ2n) is 3.97. The summed E-state index contributed by atoms with van der Waals surface area (Å²) in [4.78, 5) is 15.5. The molecule has 7 heteroatoms. The standard InChI is InChI=1S/C11H9Cl2NO4/c1-11(17-10(15)16)5-9(14-18-11)6-2-7(12)4-8(13)3-6/h2-4H,5H2,1H3,(H,15,16). The topological polar surface area (TPSA) is 68.1 Å². The Balaban J connectivity index is 2.19. The van der Waals surface area contributed by atoms with Crippen molar-refractivity contribution in [3.63, 3.8) is 0 Å². The lowest BCUT2D eigenvalue weighted by Crippen LogP contribution is -2.31. The first-order chi connectivity index (χ1) is 8.38. The van der Waals surface area contributed by atoms with E-state index in [4.69, 9.17) is 33.1 Å². The molecule has 1 N–H and O–H groups in total. The number of rotatable bonds is 2. The normalized spacial score (nSPS) is 22.3. The molecule has 0 fully saturated rings. The highest BCUT2D eigenvalue weighted by Gasteiger charge is 2.38. The molecule has 0 amide bonds. The van der Waals surface area contributed by atoms with Gasteiger partial charge in [-0.05, 0) is 18.2 Å².